The van der Waals surface area contributed by atoms with Crippen LogP contribution in [0.25, 0.3) is 0 Å². The van der Waals surface area contributed by atoms with Gasteiger partial charge in [0.2, 0.25) is 5.82 Å². The zero-order valence-electron chi connectivity index (χ0n) is 8.53. The van der Waals surface area contributed by atoms with E-state index in [4.69, 9.17) is 5.11 Å². The van der Waals surface area contributed by atoms with Gasteiger partial charge in [-0.1, -0.05) is 13.8 Å². The monoisotopic (exact) mass is 233 g/mol. The average molecular weight is 233 g/mol. The highest BCUT2D eigenvalue weighted by atomic mass is 19.1. The van der Waals surface area contributed by atoms with Gasteiger partial charge in [-0.15, -0.1) is 0 Å². The summed E-state index contributed by atoms with van der Waals surface area (Å²) in [5, 5.41) is 18.5. The second kappa shape index (κ2) is 5.74. The molecule has 0 bridgehead atoms. The SMILES string of the molecule is CC.O=C(O)c1c(F)ccc([N+](=O)[O-])c1F. The molecule has 16 heavy (non-hydrogen) atoms. The van der Waals surface area contributed by atoms with Crippen molar-refractivity contribution in [3.8, 4) is 0 Å². The molecule has 0 unspecified atom stereocenters. The third-order valence-electron chi connectivity index (χ3n) is 1.48. The number of hydrogen-bond donors (Lipinski definition) is 1. The maximum atomic E-state index is 13.0. The average Bonchev–Trinajstić information content (AvgIpc) is 2.19. The van der Waals surface area contributed by atoms with E-state index in [-0.39, 0.29) is 0 Å². The molecule has 1 rings (SSSR count). The molecule has 0 aromatic heterocycles. The molecule has 1 aromatic carbocycles. The first kappa shape index (κ1) is 13.9. The van der Waals surface area contributed by atoms with Crippen molar-refractivity contribution < 1.29 is 23.6 Å². The number of carbonyl (C=O) groups is 1. The van der Waals surface area contributed by atoms with Crippen molar-refractivity contribution in [2.75, 3.05) is 0 Å². The first-order valence-electron chi connectivity index (χ1n) is 4.31. The number of rotatable bonds is 2. The predicted molar refractivity (Wildman–Crippen MR) is 51.3 cm³/mol. The van der Waals surface area contributed by atoms with Crippen molar-refractivity contribution in [1.82, 2.24) is 0 Å². The third-order valence-corrected chi connectivity index (χ3v) is 1.48. The summed E-state index contributed by atoms with van der Waals surface area (Å²) in [7, 11) is 0. The van der Waals surface area contributed by atoms with E-state index >= 15 is 0 Å². The Balaban J connectivity index is 0.00000106. The number of nitro benzene ring substituents is 1. The maximum Gasteiger partial charge on any atom is 0.341 e. The Morgan fingerprint density at radius 2 is 1.88 bits per heavy atom. The van der Waals surface area contributed by atoms with Crippen molar-refractivity contribution in [1.29, 1.82) is 0 Å². The minimum Gasteiger partial charge on any atom is -0.477 e. The normalized spacial score (nSPS) is 9.00. The largest absolute Gasteiger partial charge is 0.477 e. The van der Waals surface area contributed by atoms with Gasteiger partial charge in [0.25, 0.3) is 0 Å². The topological polar surface area (TPSA) is 80.4 Å². The first-order chi connectivity index (χ1) is 7.45. The lowest BCUT2D eigenvalue weighted by molar-refractivity contribution is -0.387. The number of halogens is 2. The van der Waals surface area contributed by atoms with Crippen LogP contribution in [0.1, 0.15) is 24.2 Å². The molecule has 88 valence electrons. The Morgan fingerprint density at radius 1 is 1.38 bits per heavy atom. The number of aromatic carboxylic acids is 1. The highest BCUT2D eigenvalue weighted by Gasteiger charge is 2.25. The summed E-state index contributed by atoms with van der Waals surface area (Å²) in [5.74, 6) is -4.91. The molecule has 5 nitrogen and oxygen atoms in total. The van der Waals surface area contributed by atoms with Gasteiger partial charge in [-0.3, -0.25) is 10.1 Å². The lowest BCUT2D eigenvalue weighted by Gasteiger charge is -1.99. The van der Waals surface area contributed by atoms with E-state index in [1.807, 2.05) is 13.8 Å². The van der Waals surface area contributed by atoms with Crippen LogP contribution in [0.4, 0.5) is 14.5 Å². The lowest BCUT2D eigenvalue weighted by atomic mass is 10.2. The fourth-order valence-corrected chi connectivity index (χ4v) is 0.879. The molecule has 0 heterocycles. The second-order valence-electron chi connectivity index (χ2n) is 2.32. The van der Waals surface area contributed by atoms with E-state index in [9.17, 15) is 23.7 Å². The molecule has 0 amide bonds. The van der Waals surface area contributed by atoms with Gasteiger partial charge in [-0.05, 0) is 6.07 Å². The number of nitro groups is 1. The molecule has 0 spiro atoms. The zero-order chi connectivity index (χ0) is 12.9. The smallest absolute Gasteiger partial charge is 0.341 e. The van der Waals surface area contributed by atoms with Gasteiger partial charge in [0.05, 0.1) is 4.92 Å². The Morgan fingerprint density at radius 3 is 2.25 bits per heavy atom. The molecule has 0 atom stereocenters. The molecule has 0 radical (unpaired) electrons. The van der Waals surface area contributed by atoms with Crippen LogP contribution in [0, 0.1) is 21.7 Å². The minimum atomic E-state index is -1.89. The van der Waals surface area contributed by atoms with Crippen molar-refractivity contribution in [2.45, 2.75) is 13.8 Å². The molecule has 1 N–H and O–H groups in total. The third kappa shape index (κ3) is 2.72. The van der Waals surface area contributed by atoms with E-state index in [2.05, 4.69) is 0 Å². The van der Waals surface area contributed by atoms with Crippen LogP contribution in [0.2, 0.25) is 0 Å². The van der Waals surface area contributed by atoms with Gasteiger partial charge in [0.15, 0.2) is 0 Å². The number of carboxylic acid groups (broad SMARTS) is 1. The van der Waals surface area contributed by atoms with Gasteiger partial charge in [0, 0.05) is 6.07 Å². The van der Waals surface area contributed by atoms with Crippen LogP contribution in [0.5, 0.6) is 0 Å². The van der Waals surface area contributed by atoms with Crippen LogP contribution in [-0.2, 0) is 0 Å². The van der Waals surface area contributed by atoms with Crippen LogP contribution in [0.3, 0.4) is 0 Å². The molecule has 0 aliphatic rings. The summed E-state index contributed by atoms with van der Waals surface area (Å²) in [5.41, 5.74) is -2.39. The molecule has 1 aromatic rings. The number of hydrogen-bond acceptors (Lipinski definition) is 3. The standard InChI is InChI=1S/C7H3F2NO4.C2H6/c8-3-1-2-4(10(13)14)6(9)5(3)7(11)12;1-2/h1-2H,(H,11,12);1-2H3. The van der Waals surface area contributed by atoms with Crippen LogP contribution in [0.15, 0.2) is 12.1 Å². The Labute approximate surface area is 89.5 Å². The van der Waals surface area contributed by atoms with E-state index in [1.165, 1.54) is 0 Å². The van der Waals surface area contributed by atoms with E-state index in [0.717, 1.165) is 0 Å². The quantitative estimate of drug-likeness (QED) is 0.628. The van der Waals surface area contributed by atoms with Gasteiger partial charge in [0.1, 0.15) is 11.4 Å². The Bertz CT molecular complexity index is 420. The number of benzene rings is 1. The van der Waals surface area contributed by atoms with Crippen LogP contribution < -0.4 is 0 Å². The van der Waals surface area contributed by atoms with Crippen molar-refractivity contribution in [2.24, 2.45) is 0 Å². The summed E-state index contributed by atoms with van der Waals surface area (Å²) in [4.78, 5) is 19.3. The zero-order valence-corrected chi connectivity index (χ0v) is 8.53. The Hall–Kier alpha value is -2.05. The van der Waals surface area contributed by atoms with Crippen LogP contribution in [-0.4, -0.2) is 16.0 Å². The molecule has 0 fully saturated rings. The fraction of sp³-hybridized carbons (Fsp3) is 0.222. The van der Waals surface area contributed by atoms with Gasteiger partial charge in [-0.2, -0.15) is 4.39 Å². The van der Waals surface area contributed by atoms with Gasteiger partial charge < -0.3 is 5.11 Å². The first-order valence-corrected chi connectivity index (χ1v) is 4.31. The second-order valence-corrected chi connectivity index (χ2v) is 2.32. The summed E-state index contributed by atoms with van der Waals surface area (Å²) in [6.45, 7) is 4.00. The molecule has 7 heteroatoms. The highest BCUT2D eigenvalue weighted by Crippen LogP contribution is 2.22. The van der Waals surface area contributed by atoms with Crippen LogP contribution >= 0.6 is 0 Å². The summed E-state index contributed by atoms with van der Waals surface area (Å²) in [6, 6.07) is 1.10. The fourth-order valence-electron chi connectivity index (χ4n) is 0.879. The molecule has 0 aliphatic heterocycles. The van der Waals surface area contributed by atoms with E-state index in [0.29, 0.717) is 12.1 Å². The van der Waals surface area contributed by atoms with E-state index in [1.54, 1.807) is 0 Å². The maximum absolute atomic E-state index is 13.0. The van der Waals surface area contributed by atoms with Crippen molar-refractivity contribution >= 4 is 11.7 Å². The molecular weight excluding hydrogens is 224 g/mol. The molecule has 0 saturated carbocycles. The summed E-state index contributed by atoms with van der Waals surface area (Å²) in [6.07, 6.45) is 0. The number of carboxylic acids is 1. The summed E-state index contributed by atoms with van der Waals surface area (Å²) >= 11 is 0. The molecule has 0 saturated heterocycles. The lowest BCUT2D eigenvalue weighted by Crippen LogP contribution is -2.07. The minimum absolute atomic E-state index is 0.532. The van der Waals surface area contributed by atoms with Gasteiger partial charge >= 0.3 is 11.7 Å². The highest BCUT2D eigenvalue weighted by molar-refractivity contribution is 5.89. The van der Waals surface area contributed by atoms with Crippen molar-refractivity contribution in [3.05, 3.63) is 39.4 Å². The van der Waals surface area contributed by atoms with E-state index < -0.39 is 33.8 Å². The summed E-state index contributed by atoms with van der Waals surface area (Å²) < 4.78 is 25.7. The Kier molecular flexibility index (Phi) is 5.00. The predicted octanol–water partition coefficient (Wildman–Crippen LogP) is 2.60. The van der Waals surface area contributed by atoms with Gasteiger partial charge in [-0.25, -0.2) is 9.18 Å². The van der Waals surface area contributed by atoms with Crippen molar-refractivity contribution in [3.63, 3.8) is 0 Å². The molecular formula is C9H9F2NO4. The number of nitrogens with zero attached hydrogens (tertiary/aromatic N) is 1. The molecule has 0 aliphatic carbocycles.